The molecule has 0 spiro atoms. The van der Waals surface area contributed by atoms with Crippen molar-refractivity contribution in [1.82, 2.24) is 5.43 Å². The summed E-state index contributed by atoms with van der Waals surface area (Å²) in [6.45, 7) is 0. The van der Waals surface area contributed by atoms with Gasteiger partial charge in [0.25, 0.3) is 0 Å². The topological polar surface area (TPSA) is 47.3 Å². The minimum Gasteiger partial charge on any atom is -0.497 e. The van der Waals surface area contributed by atoms with E-state index in [9.17, 15) is 0 Å². The summed E-state index contributed by atoms with van der Waals surface area (Å²) in [6, 6.07) is 14.4. The van der Waals surface area contributed by atoms with E-state index < -0.39 is 0 Å². The first-order valence-electron chi connectivity index (χ1n) is 6.67. The summed E-state index contributed by atoms with van der Waals surface area (Å²) in [7, 11) is 1.68. The molecule has 0 saturated carbocycles. The highest BCUT2D eigenvalue weighted by atomic mass is 79.9. The van der Waals surface area contributed by atoms with E-state index in [4.69, 9.17) is 10.6 Å². The highest BCUT2D eigenvalue weighted by Gasteiger charge is 2.11. The van der Waals surface area contributed by atoms with Gasteiger partial charge in [0, 0.05) is 15.0 Å². The third-order valence-electron chi connectivity index (χ3n) is 3.37. The molecule has 0 amide bonds. The molecule has 0 heterocycles. The molecule has 0 saturated heterocycles. The van der Waals surface area contributed by atoms with Crippen LogP contribution in [0.25, 0.3) is 0 Å². The molecule has 112 valence electrons. The third kappa shape index (κ3) is 4.81. The van der Waals surface area contributed by atoms with E-state index in [2.05, 4.69) is 61.6 Å². The molecule has 0 aromatic heterocycles. The van der Waals surface area contributed by atoms with Gasteiger partial charge in [0.1, 0.15) is 5.75 Å². The smallest absolute Gasteiger partial charge is 0.118 e. The first-order valence-corrected chi connectivity index (χ1v) is 8.26. The molecule has 3 N–H and O–H groups in total. The Morgan fingerprint density at radius 3 is 2.24 bits per heavy atom. The Morgan fingerprint density at radius 2 is 1.71 bits per heavy atom. The van der Waals surface area contributed by atoms with Gasteiger partial charge in [-0.1, -0.05) is 44.0 Å². The minimum atomic E-state index is 0.112. The third-order valence-corrected chi connectivity index (χ3v) is 4.28. The SMILES string of the molecule is COc1ccc(CCC(NN)c2cc(Br)cc(Br)c2)cc1. The quantitative estimate of drug-likeness (QED) is 0.546. The number of benzene rings is 2. The fraction of sp³-hybridized carbons (Fsp3) is 0.250. The van der Waals surface area contributed by atoms with Crippen molar-refractivity contribution in [1.29, 1.82) is 0 Å². The number of nitrogens with one attached hydrogen (secondary N) is 1. The van der Waals surface area contributed by atoms with Crippen LogP contribution in [-0.4, -0.2) is 7.11 Å². The van der Waals surface area contributed by atoms with Crippen LogP contribution in [0.15, 0.2) is 51.4 Å². The van der Waals surface area contributed by atoms with Gasteiger partial charge >= 0.3 is 0 Å². The van der Waals surface area contributed by atoms with Crippen LogP contribution >= 0.6 is 31.9 Å². The molecule has 0 aliphatic heterocycles. The van der Waals surface area contributed by atoms with Crippen LogP contribution in [0.1, 0.15) is 23.6 Å². The Balaban J connectivity index is 2.04. The Kier molecular flexibility index (Phi) is 6.23. The van der Waals surface area contributed by atoms with Gasteiger partial charge in [-0.3, -0.25) is 11.3 Å². The molecule has 0 radical (unpaired) electrons. The van der Waals surface area contributed by atoms with Crippen molar-refractivity contribution in [2.45, 2.75) is 18.9 Å². The second-order valence-electron chi connectivity index (χ2n) is 4.81. The van der Waals surface area contributed by atoms with Gasteiger partial charge in [0.15, 0.2) is 0 Å². The van der Waals surface area contributed by atoms with Gasteiger partial charge in [-0.25, -0.2) is 0 Å². The first-order chi connectivity index (χ1) is 10.1. The summed E-state index contributed by atoms with van der Waals surface area (Å²) in [6.07, 6.45) is 1.87. The van der Waals surface area contributed by atoms with E-state index >= 15 is 0 Å². The van der Waals surface area contributed by atoms with Gasteiger partial charge in [-0.15, -0.1) is 0 Å². The molecule has 1 atom stereocenters. The molecule has 2 aromatic rings. The molecule has 5 heteroatoms. The van der Waals surface area contributed by atoms with Gasteiger partial charge in [0.05, 0.1) is 7.11 Å². The van der Waals surface area contributed by atoms with Gasteiger partial charge in [-0.2, -0.15) is 0 Å². The molecule has 0 aliphatic carbocycles. The fourth-order valence-corrected chi connectivity index (χ4v) is 3.55. The fourth-order valence-electron chi connectivity index (χ4n) is 2.23. The van der Waals surface area contributed by atoms with E-state index in [0.29, 0.717) is 0 Å². The van der Waals surface area contributed by atoms with Crippen LogP contribution in [-0.2, 0) is 6.42 Å². The van der Waals surface area contributed by atoms with E-state index in [0.717, 1.165) is 33.1 Å². The number of methoxy groups -OCH3 is 1. The Hall–Kier alpha value is -0.880. The largest absolute Gasteiger partial charge is 0.497 e. The zero-order valence-corrected chi connectivity index (χ0v) is 14.9. The maximum absolute atomic E-state index is 5.71. The highest BCUT2D eigenvalue weighted by Crippen LogP contribution is 2.26. The molecule has 2 aromatic carbocycles. The summed E-state index contributed by atoms with van der Waals surface area (Å²) in [5.74, 6) is 6.59. The molecule has 0 aliphatic rings. The van der Waals surface area contributed by atoms with Crippen LogP contribution in [0.3, 0.4) is 0 Å². The number of hydrogen-bond acceptors (Lipinski definition) is 3. The van der Waals surface area contributed by atoms with Gasteiger partial charge in [-0.05, 0) is 54.3 Å². The van der Waals surface area contributed by atoms with Crippen LogP contribution in [0.5, 0.6) is 5.75 Å². The lowest BCUT2D eigenvalue weighted by atomic mass is 9.99. The normalized spacial score (nSPS) is 12.2. The predicted octanol–water partition coefficient (Wildman–Crippen LogP) is 4.36. The summed E-state index contributed by atoms with van der Waals surface area (Å²) >= 11 is 7.02. The Labute approximate surface area is 142 Å². The number of halogens is 2. The van der Waals surface area contributed by atoms with Gasteiger partial charge < -0.3 is 4.74 Å². The summed E-state index contributed by atoms with van der Waals surface area (Å²) in [5, 5.41) is 0. The number of hydrogen-bond donors (Lipinski definition) is 2. The van der Waals surface area contributed by atoms with Crippen molar-refractivity contribution < 1.29 is 4.74 Å². The van der Waals surface area contributed by atoms with E-state index in [1.165, 1.54) is 5.56 Å². The van der Waals surface area contributed by atoms with Crippen molar-refractivity contribution in [3.05, 3.63) is 62.5 Å². The molecule has 1 unspecified atom stereocenters. The number of rotatable bonds is 6. The second-order valence-corrected chi connectivity index (χ2v) is 6.64. The molecule has 0 fully saturated rings. The lowest BCUT2D eigenvalue weighted by Crippen LogP contribution is -2.28. The standard InChI is InChI=1S/C16H18Br2N2O/c1-21-15-5-2-11(3-6-15)4-7-16(20-19)12-8-13(17)10-14(18)9-12/h2-3,5-6,8-10,16,20H,4,7,19H2,1H3. The predicted molar refractivity (Wildman–Crippen MR) is 93.2 cm³/mol. The van der Waals surface area contributed by atoms with Gasteiger partial charge in [0.2, 0.25) is 0 Å². The number of ether oxygens (including phenoxy) is 1. The van der Waals surface area contributed by atoms with Crippen LogP contribution in [0, 0.1) is 0 Å². The highest BCUT2D eigenvalue weighted by molar-refractivity contribution is 9.11. The van der Waals surface area contributed by atoms with E-state index in [-0.39, 0.29) is 6.04 Å². The average molecular weight is 414 g/mol. The zero-order valence-electron chi connectivity index (χ0n) is 11.8. The van der Waals surface area contributed by atoms with Crippen LogP contribution in [0.4, 0.5) is 0 Å². The maximum Gasteiger partial charge on any atom is 0.118 e. The lowest BCUT2D eigenvalue weighted by molar-refractivity contribution is 0.414. The second kappa shape index (κ2) is 7.94. The van der Waals surface area contributed by atoms with Crippen molar-refractivity contribution in [2.24, 2.45) is 5.84 Å². The summed E-state index contributed by atoms with van der Waals surface area (Å²) < 4.78 is 7.25. The molecular formula is C16H18Br2N2O. The summed E-state index contributed by atoms with van der Waals surface area (Å²) in [4.78, 5) is 0. The monoisotopic (exact) mass is 412 g/mol. The summed E-state index contributed by atoms with van der Waals surface area (Å²) in [5.41, 5.74) is 5.33. The number of hydrazine groups is 1. The average Bonchev–Trinajstić information content (AvgIpc) is 2.47. The van der Waals surface area contributed by atoms with Crippen molar-refractivity contribution in [2.75, 3.05) is 7.11 Å². The lowest BCUT2D eigenvalue weighted by Gasteiger charge is -2.17. The van der Waals surface area contributed by atoms with Crippen molar-refractivity contribution in [3.8, 4) is 5.75 Å². The number of nitrogens with two attached hydrogens (primary N) is 1. The first kappa shape index (κ1) is 16.5. The number of aryl methyl sites for hydroxylation is 1. The zero-order chi connectivity index (χ0) is 15.2. The molecule has 0 bridgehead atoms. The Bertz CT molecular complexity index is 567. The van der Waals surface area contributed by atoms with Crippen LogP contribution in [0.2, 0.25) is 0 Å². The Morgan fingerprint density at radius 1 is 1.10 bits per heavy atom. The van der Waals surface area contributed by atoms with Crippen molar-refractivity contribution >= 4 is 31.9 Å². The molecule has 21 heavy (non-hydrogen) atoms. The molecule has 3 nitrogen and oxygen atoms in total. The molecule has 2 rings (SSSR count). The maximum atomic E-state index is 5.71. The van der Waals surface area contributed by atoms with Crippen LogP contribution < -0.4 is 16.0 Å². The van der Waals surface area contributed by atoms with E-state index in [1.807, 2.05) is 18.2 Å². The minimum absolute atomic E-state index is 0.112. The van der Waals surface area contributed by atoms with E-state index in [1.54, 1.807) is 7.11 Å². The van der Waals surface area contributed by atoms with Crippen molar-refractivity contribution in [3.63, 3.8) is 0 Å². The molecular weight excluding hydrogens is 396 g/mol.